The largest absolute Gasteiger partial charge is 0.356 e. The van der Waals surface area contributed by atoms with Gasteiger partial charge in [0.15, 0.2) is 0 Å². The van der Waals surface area contributed by atoms with Gasteiger partial charge in [0.2, 0.25) is 5.91 Å². The third kappa shape index (κ3) is 4.05. The first-order valence-electron chi connectivity index (χ1n) is 6.66. The van der Waals surface area contributed by atoms with Crippen LogP contribution < -0.4 is 5.32 Å². The molecule has 1 saturated carbocycles. The van der Waals surface area contributed by atoms with Gasteiger partial charge in [0.25, 0.3) is 0 Å². The molecule has 1 aromatic rings. The van der Waals surface area contributed by atoms with Gasteiger partial charge in [-0.05, 0) is 42.4 Å². The Bertz CT molecular complexity index is 387. The SMILES string of the molecule is O=C(CC1(CS)CC1)NCCCc1ccccc1. The first kappa shape index (κ1) is 13.5. The molecule has 0 unspecified atom stereocenters. The van der Waals surface area contributed by atoms with Crippen molar-refractivity contribution in [3.05, 3.63) is 35.9 Å². The van der Waals surface area contributed by atoms with Crippen molar-refractivity contribution in [2.45, 2.75) is 32.1 Å². The number of hydrogen-bond donors (Lipinski definition) is 2. The number of carbonyl (C=O) groups excluding carboxylic acids is 1. The van der Waals surface area contributed by atoms with E-state index in [0.29, 0.717) is 6.42 Å². The Morgan fingerprint density at radius 1 is 1.28 bits per heavy atom. The molecule has 0 spiro atoms. The van der Waals surface area contributed by atoms with Gasteiger partial charge in [-0.3, -0.25) is 4.79 Å². The zero-order chi connectivity index (χ0) is 12.8. The number of thiol groups is 1. The minimum Gasteiger partial charge on any atom is -0.356 e. The fourth-order valence-corrected chi connectivity index (χ4v) is 2.56. The van der Waals surface area contributed by atoms with Crippen molar-refractivity contribution in [3.8, 4) is 0 Å². The van der Waals surface area contributed by atoms with E-state index in [0.717, 1.165) is 38.0 Å². The lowest BCUT2D eigenvalue weighted by Crippen LogP contribution is -2.27. The molecule has 1 aliphatic rings. The molecule has 1 fully saturated rings. The van der Waals surface area contributed by atoms with Crippen LogP contribution in [-0.4, -0.2) is 18.2 Å². The summed E-state index contributed by atoms with van der Waals surface area (Å²) in [7, 11) is 0. The summed E-state index contributed by atoms with van der Waals surface area (Å²) in [6.07, 6.45) is 5.01. The maximum Gasteiger partial charge on any atom is 0.220 e. The number of carbonyl (C=O) groups is 1. The Morgan fingerprint density at radius 2 is 2.00 bits per heavy atom. The Morgan fingerprint density at radius 3 is 2.61 bits per heavy atom. The molecule has 18 heavy (non-hydrogen) atoms. The van der Waals surface area contributed by atoms with E-state index in [-0.39, 0.29) is 11.3 Å². The van der Waals surface area contributed by atoms with Crippen LogP contribution in [0, 0.1) is 5.41 Å². The molecule has 1 N–H and O–H groups in total. The minimum absolute atomic E-state index is 0.189. The van der Waals surface area contributed by atoms with E-state index in [9.17, 15) is 4.79 Å². The highest BCUT2D eigenvalue weighted by atomic mass is 32.1. The van der Waals surface area contributed by atoms with Crippen molar-refractivity contribution >= 4 is 18.5 Å². The van der Waals surface area contributed by atoms with Crippen molar-refractivity contribution < 1.29 is 4.79 Å². The van der Waals surface area contributed by atoms with E-state index >= 15 is 0 Å². The second kappa shape index (κ2) is 6.28. The summed E-state index contributed by atoms with van der Waals surface area (Å²) < 4.78 is 0. The average molecular weight is 263 g/mol. The zero-order valence-electron chi connectivity index (χ0n) is 10.7. The Labute approximate surface area is 115 Å². The van der Waals surface area contributed by atoms with Crippen LogP contribution in [0.3, 0.4) is 0 Å². The van der Waals surface area contributed by atoms with Crippen LogP contribution in [0.5, 0.6) is 0 Å². The standard InChI is InChI=1S/C15H21NOS/c17-14(11-15(12-18)8-9-15)16-10-4-7-13-5-2-1-3-6-13/h1-3,5-6,18H,4,7-12H2,(H,16,17). The summed E-state index contributed by atoms with van der Waals surface area (Å²) in [4.78, 5) is 11.7. The predicted molar refractivity (Wildman–Crippen MR) is 77.9 cm³/mol. The number of hydrogen-bond acceptors (Lipinski definition) is 2. The Balaban J connectivity index is 1.59. The van der Waals surface area contributed by atoms with Crippen molar-refractivity contribution in [1.29, 1.82) is 0 Å². The molecular weight excluding hydrogens is 242 g/mol. The van der Waals surface area contributed by atoms with E-state index < -0.39 is 0 Å². The Kier molecular flexibility index (Phi) is 4.70. The molecule has 2 rings (SSSR count). The lowest BCUT2D eigenvalue weighted by atomic mass is 10.1. The number of amides is 1. The summed E-state index contributed by atoms with van der Waals surface area (Å²) in [5, 5.41) is 3.01. The molecule has 0 aromatic heterocycles. The highest BCUT2D eigenvalue weighted by Crippen LogP contribution is 2.49. The molecule has 0 saturated heterocycles. The first-order chi connectivity index (χ1) is 8.74. The topological polar surface area (TPSA) is 29.1 Å². The molecule has 1 aromatic carbocycles. The molecule has 0 aliphatic heterocycles. The van der Waals surface area contributed by atoms with Crippen LogP contribution in [0.1, 0.15) is 31.2 Å². The van der Waals surface area contributed by atoms with Gasteiger partial charge in [0.05, 0.1) is 0 Å². The quantitative estimate of drug-likeness (QED) is 0.575. The number of benzene rings is 1. The fraction of sp³-hybridized carbons (Fsp3) is 0.533. The monoisotopic (exact) mass is 263 g/mol. The summed E-state index contributed by atoms with van der Waals surface area (Å²) in [5.41, 5.74) is 1.56. The highest BCUT2D eigenvalue weighted by molar-refractivity contribution is 7.80. The molecule has 1 amide bonds. The second-order valence-corrected chi connectivity index (χ2v) is 5.59. The molecular formula is C15H21NOS. The normalized spacial score (nSPS) is 16.3. The van der Waals surface area contributed by atoms with Crippen LogP contribution in [-0.2, 0) is 11.2 Å². The van der Waals surface area contributed by atoms with E-state index in [4.69, 9.17) is 0 Å². The van der Waals surface area contributed by atoms with Gasteiger partial charge in [-0.2, -0.15) is 12.6 Å². The van der Waals surface area contributed by atoms with E-state index in [2.05, 4.69) is 42.2 Å². The molecule has 0 bridgehead atoms. The van der Waals surface area contributed by atoms with Crippen LogP contribution in [0.2, 0.25) is 0 Å². The zero-order valence-corrected chi connectivity index (χ0v) is 11.6. The van der Waals surface area contributed by atoms with Crippen LogP contribution in [0.15, 0.2) is 30.3 Å². The summed E-state index contributed by atoms with van der Waals surface area (Å²) in [6.45, 7) is 0.774. The maximum atomic E-state index is 11.7. The molecule has 0 heterocycles. The van der Waals surface area contributed by atoms with Gasteiger partial charge in [-0.15, -0.1) is 0 Å². The van der Waals surface area contributed by atoms with Gasteiger partial charge < -0.3 is 5.32 Å². The lowest BCUT2D eigenvalue weighted by molar-refractivity contribution is -0.122. The van der Waals surface area contributed by atoms with Crippen molar-refractivity contribution in [2.24, 2.45) is 5.41 Å². The summed E-state index contributed by atoms with van der Waals surface area (Å²) >= 11 is 4.32. The minimum atomic E-state index is 0.189. The molecule has 98 valence electrons. The number of nitrogens with one attached hydrogen (secondary N) is 1. The number of aryl methyl sites for hydroxylation is 1. The maximum absolute atomic E-state index is 11.7. The van der Waals surface area contributed by atoms with Gasteiger partial charge in [-0.25, -0.2) is 0 Å². The third-order valence-corrected chi connectivity index (χ3v) is 4.31. The highest BCUT2D eigenvalue weighted by Gasteiger charge is 2.42. The van der Waals surface area contributed by atoms with E-state index in [1.54, 1.807) is 0 Å². The van der Waals surface area contributed by atoms with Gasteiger partial charge in [0.1, 0.15) is 0 Å². The van der Waals surface area contributed by atoms with Crippen LogP contribution in [0.25, 0.3) is 0 Å². The second-order valence-electron chi connectivity index (χ2n) is 5.27. The van der Waals surface area contributed by atoms with E-state index in [1.165, 1.54) is 5.56 Å². The Hall–Kier alpha value is -0.960. The van der Waals surface area contributed by atoms with Crippen molar-refractivity contribution in [3.63, 3.8) is 0 Å². The van der Waals surface area contributed by atoms with Crippen LogP contribution in [0.4, 0.5) is 0 Å². The molecule has 0 radical (unpaired) electrons. The predicted octanol–water partition coefficient (Wildman–Crippen LogP) is 2.84. The van der Waals surface area contributed by atoms with Crippen molar-refractivity contribution in [1.82, 2.24) is 5.32 Å². The average Bonchev–Trinajstić information content (AvgIpc) is 3.16. The molecule has 1 aliphatic carbocycles. The third-order valence-electron chi connectivity index (χ3n) is 3.64. The number of rotatable bonds is 7. The van der Waals surface area contributed by atoms with Crippen molar-refractivity contribution in [2.75, 3.05) is 12.3 Å². The fourth-order valence-electron chi connectivity index (χ4n) is 2.14. The van der Waals surface area contributed by atoms with Crippen LogP contribution >= 0.6 is 12.6 Å². The van der Waals surface area contributed by atoms with Gasteiger partial charge in [-0.1, -0.05) is 30.3 Å². The van der Waals surface area contributed by atoms with E-state index in [1.807, 2.05) is 6.07 Å². The molecule has 2 nitrogen and oxygen atoms in total. The first-order valence-corrected chi connectivity index (χ1v) is 7.29. The lowest BCUT2D eigenvalue weighted by Gasteiger charge is -2.11. The molecule has 0 atom stereocenters. The summed E-state index contributed by atoms with van der Waals surface area (Å²) in [5.74, 6) is 1.03. The van der Waals surface area contributed by atoms with Gasteiger partial charge in [0, 0.05) is 13.0 Å². The van der Waals surface area contributed by atoms with Gasteiger partial charge >= 0.3 is 0 Å². The molecule has 3 heteroatoms. The smallest absolute Gasteiger partial charge is 0.220 e. The summed E-state index contributed by atoms with van der Waals surface area (Å²) in [6, 6.07) is 10.4.